The molecule has 0 aromatic rings. The average Bonchev–Trinajstić information content (AvgIpc) is 2.79. The summed E-state index contributed by atoms with van der Waals surface area (Å²) in [5.74, 6) is 0.156. The lowest BCUT2D eigenvalue weighted by Crippen LogP contribution is -2.45. The zero-order valence-electron chi connectivity index (χ0n) is 10.2. The Kier molecular flexibility index (Phi) is 3.99. The van der Waals surface area contributed by atoms with Gasteiger partial charge in [0.15, 0.2) is 0 Å². The first-order chi connectivity index (χ1) is 8.18. The fourth-order valence-electron chi connectivity index (χ4n) is 2.82. The normalized spacial score (nSPS) is 29.3. The van der Waals surface area contributed by atoms with Gasteiger partial charge in [0.2, 0.25) is 11.8 Å². The van der Waals surface area contributed by atoms with Gasteiger partial charge in [-0.3, -0.25) is 9.59 Å². The van der Waals surface area contributed by atoms with Gasteiger partial charge in [-0.2, -0.15) is 0 Å². The van der Waals surface area contributed by atoms with Crippen molar-refractivity contribution in [3.63, 3.8) is 0 Å². The zero-order chi connectivity index (χ0) is 12.3. The molecule has 2 heterocycles. The number of nitrogens with two attached hydrogens (primary N) is 1. The van der Waals surface area contributed by atoms with E-state index >= 15 is 0 Å². The number of hydrogen-bond donors (Lipinski definition) is 2. The summed E-state index contributed by atoms with van der Waals surface area (Å²) < 4.78 is 0. The van der Waals surface area contributed by atoms with Gasteiger partial charge >= 0.3 is 0 Å². The predicted octanol–water partition coefficient (Wildman–Crippen LogP) is -0.148. The summed E-state index contributed by atoms with van der Waals surface area (Å²) in [6.07, 6.45) is 4.41. The van der Waals surface area contributed by atoms with Crippen molar-refractivity contribution in [3.8, 4) is 0 Å². The van der Waals surface area contributed by atoms with Gasteiger partial charge in [0.1, 0.15) is 6.04 Å². The van der Waals surface area contributed by atoms with E-state index in [-0.39, 0.29) is 17.9 Å². The lowest BCUT2D eigenvalue weighted by molar-refractivity contribution is -0.138. The maximum Gasteiger partial charge on any atom is 0.240 e. The van der Waals surface area contributed by atoms with E-state index in [2.05, 4.69) is 5.32 Å². The molecule has 2 unspecified atom stereocenters. The molecule has 2 saturated heterocycles. The number of hydrogen-bond acceptors (Lipinski definition) is 3. The molecular formula is C12H21N3O2. The number of nitrogens with zero attached hydrogens (tertiary/aromatic N) is 1. The maximum absolute atomic E-state index is 12.1. The van der Waals surface area contributed by atoms with E-state index in [1.807, 2.05) is 0 Å². The summed E-state index contributed by atoms with van der Waals surface area (Å²) in [4.78, 5) is 25.0. The largest absolute Gasteiger partial charge is 0.368 e. The molecule has 3 N–H and O–H groups in total. The lowest BCUT2D eigenvalue weighted by Gasteiger charge is -2.27. The third-order valence-corrected chi connectivity index (χ3v) is 3.76. The average molecular weight is 239 g/mol. The third-order valence-electron chi connectivity index (χ3n) is 3.76. The number of primary amides is 1. The summed E-state index contributed by atoms with van der Waals surface area (Å²) in [5.41, 5.74) is 5.31. The number of nitrogens with one attached hydrogen (secondary N) is 1. The van der Waals surface area contributed by atoms with Gasteiger partial charge in [-0.25, -0.2) is 0 Å². The van der Waals surface area contributed by atoms with Crippen LogP contribution in [0.25, 0.3) is 0 Å². The zero-order valence-corrected chi connectivity index (χ0v) is 10.2. The molecule has 2 amide bonds. The van der Waals surface area contributed by atoms with E-state index in [1.54, 1.807) is 4.90 Å². The highest BCUT2D eigenvalue weighted by molar-refractivity contribution is 5.87. The Morgan fingerprint density at radius 3 is 2.76 bits per heavy atom. The molecule has 0 aromatic heterocycles. The van der Waals surface area contributed by atoms with Crippen molar-refractivity contribution in [1.82, 2.24) is 10.2 Å². The summed E-state index contributed by atoms with van der Waals surface area (Å²) in [6.45, 7) is 2.66. The highest BCUT2D eigenvalue weighted by Gasteiger charge is 2.33. The van der Waals surface area contributed by atoms with Crippen LogP contribution in [0.3, 0.4) is 0 Å². The second kappa shape index (κ2) is 5.49. The Labute approximate surface area is 102 Å². The Hall–Kier alpha value is -1.10. The monoisotopic (exact) mass is 239 g/mol. The van der Waals surface area contributed by atoms with Crippen LogP contribution in [-0.2, 0) is 9.59 Å². The smallest absolute Gasteiger partial charge is 0.240 e. The summed E-state index contributed by atoms with van der Waals surface area (Å²) >= 11 is 0. The Morgan fingerprint density at radius 1 is 1.29 bits per heavy atom. The van der Waals surface area contributed by atoms with Gasteiger partial charge in [-0.05, 0) is 44.7 Å². The standard InChI is InChI=1S/C12H21N3O2/c13-12(17)10-4-2-6-15(10)11(16)7-9-3-1-5-14-8-9/h9-10,14H,1-8H2,(H2,13,17). The highest BCUT2D eigenvalue weighted by atomic mass is 16.2. The van der Waals surface area contributed by atoms with Crippen molar-refractivity contribution >= 4 is 11.8 Å². The Bertz CT molecular complexity index is 300. The van der Waals surface area contributed by atoms with Crippen LogP contribution in [0.4, 0.5) is 0 Å². The molecule has 2 rings (SSSR count). The number of carbonyl (C=O) groups is 2. The third kappa shape index (κ3) is 2.97. The summed E-state index contributed by atoms with van der Waals surface area (Å²) in [6, 6.07) is -0.362. The predicted molar refractivity (Wildman–Crippen MR) is 64.1 cm³/mol. The first-order valence-corrected chi connectivity index (χ1v) is 6.48. The first-order valence-electron chi connectivity index (χ1n) is 6.48. The maximum atomic E-state index is 12.1. The molecule has 5 nitrogen and oxygen atoms in total. The van der Waals surface area contributed by atoms with Gasteiger partial charge in [0.25, 0.3) is 0 Å². The topological polar surface area (TPSA) is 75.4 Å². The van der Waals surface area contributed by atoms with Gasteiger partial charge in [-0.15, -0.1) is 0 Å². The van der Waals surface area contributed by atoms with E-state index in [1.165, 1.54) is 0 Å². The van der Waals surface area contributed by atoms with E-state index in [0.29, 0.717) is 18.9 Å². The Balaban J connectivity index is 1.88. The molecule has 2 fully saturated rings. The number of carbonyl (C=O) groups excluding carboxylic acids is 2. The van der Waals surface area contributed by atoms with Crippen molar-refractivity contribution in [3.05, 3.63) is 0 Å². The molecule has 96 valence electrons. The van der Waals surface area contributed by atoms with E-state index in [4.69, 9.17) is 5.73 Å². The molecule has 0 aromatic carbocycles. The van der Waals surface area contributed by atoms with Crippen molar-refractivity contribution < 1.29 is 9.59 Å². The molecule has 0 radical (unpaired) electrons. The van der Waals surface area contributed by atoms with Crippen LogP contribution in [-0.4, -0.2) is 42.4 Å². The van der Waals surface area contributed by atoms with E-state index < -0.39 is 0 Å². The molecular weight excluding hydrogens is 218 g/mol. The molecule has 2 atom stereocenters. The lowest BCUT2D eigenvalue weighted by atomic mass is 9.95. The van der Waals surface area contributed by atoms with Crippen LogP contribution < -0.4 is 11.1 Å². The minimum absolute atomic E-state index is 0.0972. The van der Waals surface area contributed by atoms with E-state index in [9.17, 15) is 9.59 Å². The number of piperidine rings is 1. The van der Waals surface area contributed by atoms with Crippen molar-refractivity contribution in [2.24, 2.45) is 11.7 Å². The van der Waals surface area contributed by atoms with Crippen LogP contribution in [0.2, 0.25) is 0 Å². The van der Waals surface area contributed by atoms with Crippen molar-refractivity contribution in [2.75, 3.05) is 19.6 Å². The minimum Gasteiger partial charge on any atom is -0.368 e. The van der Waals surface area contributed by atoms with Gasteiger partial charge < -0.3 is 16.0 Å². The molecule has 0 spiro atoms. The van der Waals surface area contributed by atoms with E-state index in [0.717, 1.165) is 38.8 Å². The summed E-state index contributed by atoms with van der Waals surface area (Å²) in [7, 11) is 0. The Morgan fingerprint density at radius 2 is 2.12 bits per heavy atom. The number of likely N-dealkylation sites (tertiary alicyclic amines) is 1. The molecule has 0 bridgehead atoms. The van der Waals surface area contributed by atoms with Crippen molar-refractivity contribution in [1.29, 1.82) is 0 Å². The van der Waals surface area contributed by atoms with Crippen molar-refractivity contribution in [2.45, 2.75) is 38.1 Å². The first kappa shape index (κ1) is 12.4. The second-order valence-corrected chi connectivity index (χ2v) is 5.06. The fourth-order valence-corrected chi connectivity index (χ4v) is 2.82. The minimum atomic E-state index is -0.363. The number of amides is 2. The van der Waals surface area contributed by atoms with Gasteiger partial charge in [0.05, 0.1) is 0 Å². The molecule has 0 aliphatic carbocycles. The molecule has 17 heavy (non-hydrogen) atoms. The molecule has 5 heteroatoms. The van der Waals surface area contributed by atoms with Crippen LogP contribution >= 0.6 is 0 Å². The van der Waals surface area contributed by atoms with Crippen LogP contribution in [0.5, 0.6) is 0 Å². The second-order valence-electron chi connectivity index (χ2n) is 5.06. The van der Waals surface area contributed by atoms with Crippen LogP contribution in [0.1, 0.15) is 32.1 Å². The summed E-state index contributed by atoms with van der Waals surface area (Å²) in [5, 5.41) is 3.30. The van der Waals surface area contributed by atoms with Gasteiger partial charge in [0, 0.05) is 13.0 Å². The highest BCUT2D eigenvalue weighted by Crippen LogP contribution is 2.21. The molecule has 0 saturated carbocycles. The SMILES string of the molecule is NC(=O)C1CCCN1C(=O)CC1CCCNC1. The molecule has 2 aliphatic rings. The van der Waals surface area contributed by atoms with Gasteiger partial charge in [-0.1, -0.05) is 0 Å². The fraction of sp³-hybridized carbons (Fsp3) is 0.833. The van der Waals surface area contributed by atoms with Crippen LogP contribution in [0, 0.1) is 5.92 Å². The quantitative estimate of drug-likeness (QED) is 0.719. The van der Waals surface area contributed by atoms with Crippen LogP contribution in [0.15, 0.2) is 0 Å². The number of rotatable bonds is 3. The molecule has 2 aliphatic heterocycles.